The first-order chi connectivity index (χ1) is 8.99. The molecule has 0 spiro atoms. The second-order valence-corrected chi connectivity index (χ2v) is 5.13. The van der Waals surface area contributed by atoms with E-state index < -0.39 is 0 Å². The van der Waals surface area contributed by atoms with E-state index >= 15 is 0 Å². The van der Waals surface area contributed by atoms with Crippen LogP contribution in [0.3, 0.4) is 0 Å². The van der Waals surface area contributed by atoms with Crippen LogP contribution >= 0.6 is 11.6 Å². The van der Waals surface area contributed by atoms with Crippen molar-refractivity contribution < 1.29 is 4.79 Å². The number of anilines is 1. The van der Waals surface area contributed by atoms with Crippen LogP contribution in [0.5, 0.6) is 0 Å². The number of nitrogens with two attached hydrogens (primary N) is 1. The van der Waals surface area contributed by atoms with Crippen LogP contribution in [0.25, 0.3) is 0 Å². The highest BCUT2D eigenvalue weighted by Crippen LogP contribution is 2.21. The number of Topliss-reactive ketones (excluding diaryl/α,β-unsaturated/α-hetero) is 1. The van der Waals surface area contributed by atoms with E-state index in [1.165, 1.54) is 6.20 Å². The molecule has 1 heterocycles. The Labute approximate surface area is 117 Å². The van der Waals surface area contributed by atoms with Crippen molar-refractivity contribution in [1.82, 2.24) is 9.78 Å². The molecule has 0 saturated carbocycles. The summed E-state index contributed by atoms with van der Waals surface area (Å²) in [6.45, 7) is 3.92. The summed E-state index contributed by atoms with van der Waals surface area (Å²) in [6, 6.07) is 7.35. The number of nitrogen functional groups attached to an aromatic ring is 1. The molecule has 0 amide bonds. The highest BCUT2D eigenvalue weighted by Gasteiger charge is 2.19. The fourth-order valence-electron chi connectivity index (χ4n) is 1.90. The number of halogens is 1. The number of nitrogens with zero attached hydrogens (tertiary/aromatic N) is 2. The summed E-state index contributed by atoms with van der Waals surface area (Å²) in [7, 11) is 0. The minimum atomic E-state index is -0.0408. The number of hydrogen-bond donors (Lipinski definition) is 1. The summed E-state index contributed by atoms with van der Waals surface area (Å²) in [5, 5.41) is 4.53. The largest absolute Gasteiger partial charge is 0.399 e. The maximum Gasteiger partial charge on any atom is 0.186 e. The van der Waals surface area contributed by atoms with Gasteiger partial charge in [0.15, 0.2) is 5.78 Å². The Morgan fingerprint density at radius 2 is 2.00 bits per heavy atom. The topological polar surface area (TPSA) is 60.9 Å². The molecule has 1 aromatic carbocycles. The Kier molecular flexibility index (Phi) is 3.90. The van der Waals surface area contributed by atoms with E-state index in [2.05, 4.69) is 5.10 Å². The van der Waals surface area contributed by atoms with Gasteiger partial charge in [-0.05, 0) is 31.5 Å². The zero-order valence-electron chi connectivity index (χ0n) is 10.9. The fraction of sp³-hybridized carbons (Fsp3) is 0.286. The van der Waals surface area contributed by atoms with Gasteiger partial charge in [-0.1, -0.05) is 23.7 Å². The van der Waals surface area contributed by atoms with Gasteiger partial charge in [0.05, 0.1) is 11.2 Å². The van der Waals surface area contributed by atoms with Crippen LogP contribution in [0.1, 0.15) is 35.9 Å². The summed E-state index contributed by atoms with van der Waals surface area (Å²) >= 11 is 6.05. The quantitative estimate of drug-likeness (QED) is 0.690. The van der Waals surface area contributed by atoms with E-state index in [0.717, 1.165) is 5.56 Å². The van der Waals surface area contributed by atoms with E-state index in [1.54, 1.807) is 16.8 Å². The van der Waals surface area contributed by atoms with Crippen molar-refractivity contribution >= 4 is 23.1 Å². The molecule has 0 aliphatic heterocycles. The van der Waals surface area contributed by atoms with Crippen molar-refractivity contribution in [2.45, 2.75) is 26.3 Å². The highest BCUT2D eigenvalue weighted by atomic mass is 35.5. The summed E-state index contributed by atoms with van der Waals surface area (Å²) in [5.41, 5.74) is 7.68. The molecule has 0 bridgehead atoms. The van der Waals surface area contributed by atoms with Crippen molar-refractivity contribution in [1.29, 1.82) is 0 Å². The van der Waals surface area contributed by atoms with E-state index in [4.69, 9.17) is 17.3 Å². The first-order valence-corrected chi connectivity index (χ1v) is 6.47. The zero-order valence-corrected chi connectivity index (χ0v) is 11.7. The molecule has 2 aromatic rings. The van der Waals surface area contributed by atoms with Crippen molar-refractivity contribution in [2.24, 2.45) is 0 Å². The van der Waals surface area contributed by atoms with Gasteiger partial charge in [0.2, 0.25) is 0 Å². The molecule has 2 rings (SSSR count). The summed E-state index contributed by atoms with van der Waals surface area (Å²) in [6.07, 6.45) is 1.80. The van der Waals surface area contributed by atoms with Crippen LogP contribution in [0, 0.1) is 0 Å². The molecule has 19 heavy (non-hydrogen) atoms. The molecule has 0 aliphatic rings. The number of carbonyl (C=O) groups excluding carboxylic acids is 1. The van der Waals surface area contributed by atoms with E-state index in [-0.39, 0.29) is 11.8 Å². The Balaban J connectivity index is 2.25. The maximum absolute atomic E-state index is 12.3. The van der Waals surface area contributed by atoms with Crippen LogP contribution in [0.2, 0.25) is 5.02 Å². The van der Waals surface area contributed by atoms with Crippen LogP contribution in [0.15, 0.2) is 30.5 Å². The monoisotopic (exact) mass is 277 g/mol. The molecule has 0 saturated heterocycles. The average molecular weight is 278 g/mol. The van der Waals surface area contributed by atoms with E-state index in [9.17, 15) is 4.79 Å². The predicted molar refractivity (Wildman–Crippen MR) is 76.5 cm³/mol. The van der Waals surface area contributed by atoms with Crippen LogP contribution in [0.4, 0.5) is 5.69 Å². The normalized spacial score (nSPS) is 10.9. The lowest BCUT2D eigenvalue weighted by molar-refractivity contribution is 0.0981. The second kappa shape index (κ2) is 5.45. The van der Waals surface area contributed by atoms with Gasteiger partial charge in [-0.2, -0.15) is 5.10 Å². The predicted octanol–water partition coefficient (Wildman–Crippen LogP) is 3.13. The molecule has 5 heteroatoms. The third-order valence-electron chi connectivity index (χ3n) is 2.85. The molecule has 0 fully saturated rings. The molecule has 2 N–H and O–H groups in total. The van der Waals surface area contributed by atoms with Gasteiger partial charge in [0.1, 0.15) is 5.69 Å². The molecule has 1 aromatic heterocycles. The SMILES string of the molecule is CC(C)n1ncc(Cl)c1C(=O)Cc1ccc(N)cc1. The number of rotatable bonds is 4. The maximum atomic E-state index is 12.3. The van der Waals surface area contributed by atoms with Crippen LogP contribution in [-0.2, 0) is 6.42 Å². The number of aromatic nitrogens is 2. The average Bonchev–Trinajstić information content (AvgIpc) is 2.74. The van der Waals surface area contributed by atoms with Gasteiger partial charge in [0, 0.05) is 18.2 Å². The number of ketones is 1. The van der Waals surface area contributed by atoms with Crippen molar-refractivity contribution in [3.8, 4) is 0 Å². The molecule has 0 aliphatic carbocycles. The second-order valence-electron chi connectivity index (χ2n) is 4.72. The molecular formula is C14H16ClN3O. The lowest BCUT2D eigenvalue weighted by Gasteiger charge is -2.10. The van der Waals surface area contributed by atoms with E-state index in [1.807, 2.05) is 26.0 Å². The minimum Gasteiger partial charge on any atom is -0.399 e. The lowest BCUT2D eigenvalue weighted by Crippen LogP contribution is -2.14. The Bertz CT molecular complexity index is 587. The number of hydrogen-bond acceptors (Lipinski definition) is 3. The summed E-state index contributed by atoms with van der Waals surface area (Å²) in [4.78, 5) is 12.3. The van der Waals surface area contributed by atoms with Gasteiger partial charge in [-0.25, -0.2) is 0 Å². The van der Waals surface area contributed by atoms with Crippen molar-refractivity contribution in [3.63, 3.8) is 0 Å². The zero-order chi connectivity index (χ0) is 14.0. The van der Waals surface area contributed by atoms with E-state index in [0.29, 0.717) is 22.8 Å². The molecule has 0 atom stereocenters. The van der Waals surface area contributed by atoms with Crippen molar-refractivity contribution in [2.75, 3.05) is 5.73 Å². The number of carbonyl (C=O) groups is 1. The lowest BCUT2D eigenvalue weighted by atomic mass is 10.1. The Morgan fingerprint density at radius 3 is 2.58 bits per heavy atom. The van der Waals surface area contributed by atoms with Crippen LogP contribution < -0.4 is 5.73 Å². The molecule has 4 nitrogen and oxygen atoms in total. The van der Waals surface area contributed by atoms with Crippen LogP contribution in [-0.4, -0.2) is 15.6 Å². The fourth-order valence-corrected chi connectivity index (χ4v) is 2.13. The Hall–Kier alpha value is -1.81. The number of benzene rings is 1. The standard InChI is InChI=1S/C14H16ClN3O/c1-9(2)18-14(12(15)8-17-18)13(19)7-10-3-5-11(16)6-4-10/h3-6,8-9H,7,16H2,1-2H3. The molecular weight excluding hydrogens is 262 g/mol. The molecule has 0 radical (unpaired) electrons. The van der Waals surface area contributed by atoms with Gasteiger partial charge in [0.25, 0.3) is 0 Å². The van der Waals surface area contributed by atoms with Gasteiger partial charge < -0.3 is 5.73 Å². The summed E-state index contributed by atoms with van der Waals surface area (Å²) in [5.74, 6) is -0.0408. The molecule has 100 valence electrons. The first-order valence-electron chi connectivity index (χ1n) is 6.09. The summed E-state index contributed by atoms with van der Waals surface area (Å²) < 4.78 is 1.65. The van der Waals surface area contributed by atoms with Gasteiger partial charge >= 0.3 is 0 Å². The third-order valence-corrected chi connectivity index (χ3v) is 3.13. The first kappa shape index (κ1) is 13.6. The molecule has 0 unspecified atom stereocenters. The van der Waals surface area contributed by atoms with Gasteiger partial charge in [-0.3, -0.25) is 9.48 Å². The minimum absolute atomic E-state index is 0.0408. The van der Waals surface area contributed by atoms with Gasteiger partial charge in [-0.15, -0.1) is 0 Å². The smallest absolute Gasteiger partial charge is 0.186 e. The highest BCUT2D eigenvalue weighted by molar-refractivity contribution is 6.33. The van der Waals surface area contributed by atoms with Crippen molar-refractivity contribution in [3.05, 3.63) is 46.7 Å². The third kappa shape index (κ3) is 2.96. The Morgan fingerprint density at radius 1 is 1.37 bits per heavy atom.